The number of aryl methyl sites for hydroxylation is 1. The van der Waals surface area contributed by atoms with Crippen LogP contribution in [0.25, 0.3) is 0 Å². The molecular formula is C13H17N3. The van der Waals surface area contributed by atoms with E-state index in [1.54, 1.807) is 6.20 Å². The molecule has 0 radical (unpaired) electrons. The first kappa shape index (κ1) is 10.9. The van der Waals surface area contributed by atoms with E-state index in [0.717, 1.165) is 12.8 Å². The highest BCUT2D eigenvalue weighted by atomic mass is 14.9. The zero-order valence-corrected chi connectivity index (χ0v) is 9.26. The van der Waals surface area contributed by atoms with Gasteiger partial charge >= 0.3 is 0 Å². The largest absolute Gasteiger partial charge is 0.387 e. The third-order valence-electron chi connectivity index (χ3n) is 2.88. The average molecular weight is 215 g/mol. The van der Waals surface area contributed by atoms with E-state index in [9.17, 15) is 0 Å². The van der Waals surface area contributed by atoms with E-state index in [-0.39, 0.29) is 5.54 Å². The normalized spacial score (nSPS) is 24.2. The summed E-state index contributed by atoms with van der Waals surface area (Å²) in [6, 6.07) is 10.4. The molecular weight excluding hydrogens is 198 g/mol. The van der Waals surface area contributed by atoms with Gasteiger partial charge in [-0.1, -0.05) is 30.3 Å². The van der Waals surface area contributed by atoms with Crippen molar-refractivity contribution in [2.45, 2.75) is 24.8 Å². The highest BCUT2D eigenvalue weighted by Gasteiger charge is 2.24. The van der Waals surface area contributed by atoms with Crippen molar-refractivity contribution in [3.8, 4) is 0 Å². The Kier molecular flexibility index (Phi) is 3.06. The summed E-state index contributed by atoms with van der Waals surface area (Å²) in [4.78, 5) is 4.01. The lowest BCUT2D eigenvalue weighted by Crippen LogP contribution is -2.43. The minimum absolute atomic E-state index is 0.332. The number of aliphatic imine (C=N–C) groups is 1. The smallest absolute Gasteiger partial charge is 0.101 e. The van der Waals surface area contributed by atoms with Crippen LogP contribution < -0.4 is 11.5 Å². The summed E-state index contributed by atoms with van der Waals surface area (Å²) in [5, 5.41) is 0. The Morgan fingerprint density at radius 2 is 2.00 bits per heavy atom. The fraction of sp³-hybridized carbons (Fsp3) is 0.308. The molecule has 3 nitrogen and oxygen atoms in total. The summed E-state index contributed by atoms with van der Waals surface area (Å²) in [5.41, 5.74) is 12.9. The fourth-order valence-electron chi connectivity index (χ4n) is 1.92. The summed E-state index contributed by atoms with van der Waals surface area (Å²) >= 11 is 0. The van der Waals surface area contributed by atoms with Crippen molar-refractivity contribution in [3.63, 3.8) is 0 Å². The van der Waals surface area contributed by atoms with E-state index in [0.29, 0.717) is 12.3 Å². The zero-order valence-electron chi connectivity index (χ0n) is 9.26. The molecule has 1 atom stereocenters. The van der Waals surface area contributed by atoms with Gasteiger partial charge in [-0.15, -0.1) is 0 Å². The Hall–Kier alpha value is -1.61. The molecule has 0 bridgehead atoms. The molecule has 2 rings (SSSR count). The molecule has 1 aliphatic heterocycles. The van der Waals surface area contributed by atoms with Crippen LogP contribution in [-0.2, 0) is 6.42 Å². The third-order valence-corrected chi connectivity index (χ3v) is 2.88. The van der Waals surface area contributed by atoms with E-state index in [4.69, 9.17) is 11.5 Å². The molecule has 84 valence electrons. The lowest BCUT2D eigenvalue weighted by Gasteiger charge is -2.27. The second kappa shape index (κ2) is 4.49. The minimum Gasteiger partial charge on any atom is -0.387 e. The van der Waals surface area contributed by atoms with Crippen LogP contribution in [0.5, 0.6) is 0 Å². The molecule has 0 amide bonds. The molecule has 0 aromatic heterocycles. The van der Waals surface area contributed by atoms with Gasteiger partial charge in [-0.3, -0.25) is 0 Å². The van der Waals surface area contributed by atoms with Gasteiger partial charge in [0.1, 0.15) is 5.84 Å². The molecule has 1 heterocycles. The number of hydrogen-bond acceptors (Lipinski definition) is 3. The maximum absolute atomic E-state index is 6.25. The first-order valence-corrected chi connectivity index (χ1v) is 5.51. The molecule has 16 heavy (non-hydrogen) atoms. The lowest BCUT2D eigenvalue weighted by atomic mass is 9.87. The molecule has 3 heteroatoms. The van der Waals surface area contributed by atoms with Crippen LogP contribution in [0.15, 0.2) is 47.6 Å². The molecule has 0 saturated heterocycles. The van der Waals surface area contributed by atoms with E-state index in [2.05, 4.69) is 17.1 Å². The SMILES string of the molecule is NC1=NC=CC(N)(CCc2ccccc2)C1. The van der Waals surface area contributed by atoms with Crippen molar-refractivity contribution in [1.82, 2.24) is 0 Å². The zero-order chi connectivity index (χ0) is 11.4. The number of rotatable bonds is 3. The van der Waals surface area contributed by atoms with Crippen molar-refractivity contribution in [3.05, 3.63) is 48.2 Å². The standard InChI is InChI=1S/C13H17N3/c14-12-10-13(15,8-9-16-12)7-6-11-4-2-1-3-5-11/h1-5,8-9H,6-7,10,15H2,(H2,14,16). The van der Waals surface area contributed by atoms with Gasteiger partial charge in [0.2, 0.25) is 0 Å². The number of benzene rings is 1. The van der Waals surface area contributed by atoms with Crippen molar-refractivity contribution in [2.24, 2.45) is 16.5 Å². The first-order valence-electron chi connectivity index (χ1n) is 5.51. The first-order chi connectivity index (χ1) is 7.68. The lowest BCUT2D eigenvalue weighted by molar-refractivity contribution is 0.497. The third kappa shape index (κ3) is 2.70. The number of hydrogen-bond donors (Lipinski definition) is 2. The van der Waals surface area contributed by atoms with Crippen molar-refractivity contribution < 1.29 is 0 Å². The highest BCUT2D eigenvalue weighted by Crippen LogP contribution is 2.20. The maximum atomic E-state index is 6.25. The molecule has 1 aromatic carbocycles. The molecule has 0 aliphatic carbocycles. The van der Waals surface area contributed by atoms with Gasteiger partial charge in [0.05, 0.1) is 0 Å². The topological polar surface area (TPSA) is 64.4 Å². The second-order valence-corrected chi connectivity index (χ2v) is 4.33. The summed E-state index contributed by atoms with van der Waals surface area (Å²) in [5.74, 6) is 0.623. The molecule has 0 fully saturated rings. The summed E-state index contributed by atoms with van der Waals surface area (Å²) in [6.45, 7) is 0. The van der Waals surface area contributed by atoms with E-state index >= 15 is 0 Å². The van der Waals surface area contributed by atoms with Gasteiger partial charge in [-0.25, -0.2) is 4.99 Å². The monoisotopic (exact) mass is 215 g/mol. The number of amidine groups is 1. The molecule has 1 unspecified atom stereocenters. The Morgan fingerprint density at radius 3 is 2.69 bits per heavy atom. The van der Waals surface area contributed by atoms with Gasteiger partial charge in [-0.05, 0) is 24.5 Å². The van der Waals surface area contributed by atoms with Crippen LogP contribution in [0.4, 0.5) is 0 Å². The Balaban J connectivity index is 1.96. The van der Waals surface area contributed by atoms with E-state index < -0.39 is 0 Å². The molecule has 4 N–H and O–H groups in total. The van der Waals surface area contributed by atoms with E-state index in [1.165, 1.54) is 5.56 Å². The molecule has 0 spiro atoms. The Bertz CT molecular complexity index is 408. The summed E-state index contributed by atoms with van der Waals surface area (Å²) in [7, 11) is 0. The van der Waals surface area contributed by atoms with Crippen LogP contribution >= 0.6 is 0 Å². The van der Waals surface area contributed by atoms with E-state index in [1.807, 2.05) is 24.3 Å². The number of nitrogens with zero attached hydrogens (tertiary/aromatic N) is 1. The maximum Gasteiger partial charge on any atom is 0.101 e. The Morgan fingerprint density at radius 1 is 1.25 bits per heavy atom. The van der Waals surface area contributed by atoms with Crippen molar-refractivity contribution in [2.75, 3.05) is 0 Å². The molecule has 1 aromatic rings. The quantitative estimate of drug-likeness (QED) is 0.804. The minimum atomic E-state index is -0.332. The fourth-order valence-corrected chi connectivity index (χ4v) is 1.92. The van der Waals surface area contributed by atoms with Crippen LogP contribution in [0.1, 0.15) is 18.4 Å². The van der Waals surface area contributed by atoms with Crippen LogP contribution in [0.3, 0.4) is 0 Å². The summed E-state index contributed by atoms with van der Waals surface area (Å²) in [6.07, 6.45) is 6.17. The van der Waals surface area contributed by atoms with Gasteiger partial charge < -0.3 is 11.5 Å². The number of nitrogens with two attached hydrogens (primary N) is 2. The van der Waals surface area contributed by atoms with Crippen LogP contribution in [0, 0.1) is 0 Å². The second-order valence-electron chi connectivity index (χ2n) is 4.33. The predicted octanol–water partition coefficient (Wildman–Crippen LogP) is 1.59. The van der Waals surface area contributed by atoms with Crippen LogP contribution in [-0.4, -0.2) is 11.4 Å². The van der Waals surface area contributed by atoms with Crippen LogP contribution in [0.2, 0.25) is 0 Å². The van der Waals surface area contributed by atoms with Gasteiger partial charge in [0, 0.05) is 18.2 Å². The predicted molar refractivity (Wildman–Crippen MR) is 67.1 cm³/mol. The molecule has 0 saturated carbocycles. The van der Waals surface area contributed by atoms with Gasteiger partial charge in [0.25, 0.3) is 0 Å². The van der Waals surface area contributed by atoms with Crippen molar-refractivity contribution >= 4 is 5.84 Å². The molecule has 1 aliphatic rings. The summed E-state index contributed by atoms with van der Waals surface area (Å²) < 4.78 is 0. The van der Waals surface area contributed by atoms with Gasteiger partial charge in [-0.2, -0.15) is 0 Å². The average Bonchev–Trinajstić information content (AvgIpc) is 2.28. The van der Waals surface area contributed by atoms with Crippen molar-refractivity contribution in [1.29, 1.82) is 0 Å². The van der Waals surface area contributed by atoms with Gasteiger partial charge in [0.15, 0.2) is 0 Å². The Labute approximate surface area is 95.9 Å². The highest BCUT2D eigenvalue weighted by molar-refractivity contribution is 5.83.